The first-order valence-corrected chi connectivity index (χ1v) is 13.2. The van der Waals surface area contributed by atoms with Crippen molar-refractivity contribution in [1.82, 2.24) is 0 Å². The van der Waals surface area contributed by atoms with E-state index in [4.69, 9.17) is 0 Å². The molecule has 0 saturated heterocycles. The highest BCUT2D eigenvalue weighted by atomic mass is 19.4. The number of hydrogen-bond donors (Lipinski definition) is 1. The topological polar surface area (TPSA) is 20.2 Å². The second-order valence-electron chi connectivity index (χ2n) is 10.6. The van der Waals surface area contributed by atoms with Crippen molar-refractivity contribution < 1.29 is 18.3 Å². The van der Waals surface area contributed by atoms with Crippen LogP contribution in [0.4, 0.5) is 13.2 Å². The molecule has 2 saturated carbocycles. The van der Waals surface area contributed by atoms with E-state index in [1.165, 1.54) is 82.8 Å². The SMILES string of the molecule is CCCC[C@H]1CC[C@H](CCC2CCC(CC(O)C#Cc3ccc(C(F)(F)F)cc3)CC2)CC1. The lowest BCUT2D eigenvalue weighted by atomic mass is 9.74. The van der Waals surface area contributed by atoms with Gasteiger partial charge in [0.25, 0.3) is 0 Å². The molecule has 0 aromatic heterocycles. The molecular formula is C29H41F3O. The van der Waals surface area contributed by atoms with Gasteiger partial charge in [0, 0.05) is 5.56 Å². The maximum Gasteiger partial charge on any atom is 0.416 e. The number of alkyl halides is 3. The quantitative estimate of drug-likeness (QED) is 0.385. The Morgan fingerprint density at radius 2 is 1.30 bits per heavy atom. The molecule has 2 aliphatic carbocycles. The van der Waals surface area contributed by atoms with Crippen LogP contribution in [0, 0.1) is 35.5 Å². The lowest BCUT2D eigenvalue weighted by Crippen LogP contribution is -2.20. The zero-order chi connectivity index (χ0) is 23.7. The van der Waals surface area contributed by atoms with Crippen LogP contribution in [0.25, 0.3) is 0 Å². The molecule has 1 nitrogen and oxygen atoms in total. The normalized spacial score (nSPS) is 26.9. The maximum absolute atomic E-state index is 12.6. The highest BCUT2D eigenvalue weighted by Gasteiger charge is 2.30. The van der Waals surface area contributed by atoms with Gasteiger partial charge in [-0.05, 0) is 54.4 Å². The van der Waals surface area contributed by atoms with E-state index in [2.05, 4.69) is 18.8 Å². The number of hydrogen-bond acceptors (Lipinski definition) is 1. The Balaban J connectivity index is 1.32. The number of rotatable bonds is 8. The number of aliphatic hydroxyl groups is 1. The van der Waals surface area contributed by atoms with E-state index in [0.717, 1.165) is 42.7 Å². The van der Waals surface area contributed by atoms with E-state index in [0.29, 0.717) is 17.9 Å². The highest BCUT2D eigenvalue weighted by Crippen LogP contribution is 2.38. The van der Waals surface area contributed by atoms with E-state index in [1.54, 1.807) is 0 Å². The lowest BCUT2D eigenvalue weighted by molar-refractivity contribution is -0.137. The van der Waals surface area contributed by atoms with Crippen LogP contribution in [0.3, 0.4) is 0 Å². The van der Waals surface area contributed by atoms with Crippen molar-refractivity contribution in [3.05, 3.63) is 35.4 Å². The van der Waals surface area contributed by atoms with Gasteiger partial charge < -0.3 is 5.11 Å². The second kappa shape index (κ2) is 12.8. The van der Waals surface area contributed by atoms with E-state index in [-0.39, 0.29) is 0 Å². The molecule has 0 radical (unpaired) electrons. The fourth-order valence-electron chi connectivity index (χ4n) is 5.81. The summed E-state index contributed by atoms with van der Waals surface area (Å²) in [5, 5.41) is 10.3. The molecule has 3 rings (SSSR count). The molecule has 0 amide bonds. The molecule has 1 N–H and O–H groups in total. The minimum atomic E-state index is -4.34. The van der Waals surface area contributed by atoms with Crippen LogP contribution in [-0.2, 0) is 6.18 Å². The average molecular weight is 463 g/mol. The van der Waals surface area contributed by atoms with Crippen LogP contribution in [0.2, 0.25) is 0 Å². The van der Waals surface area contributed by atoms with Gasteiger partial charge >= 0.3 is 6.18 Å². The van der Waals surface area contributed by atoms with Crippen LogP contribution in [0.1, 0.15) is 108 Å². The molecule has 33 heavy (non-hydrogen) atoms. The Bertz CT molecular complexity index is 742. The van der Waals surface area contributed by atoms with Crippen LogP contribution in [0.5, 0.6) is 0 Å². The molecule has 2 fully saturated rings. The fraction of sp³-hybridized carbons (Fsp3) is 0.724. The molecule has 0 bridgehead atoms. The van der Waals surface area contributed by atoms with Crippen molar-refractivity contribution in [1.29, 1.82) is 0 Å². The van der Waals surface area contributed by atoms with E-state index in [1.807, 2.05) is 0 Å². The molecule has 184 valence electrons. The van der Waals surface area contributed by atoms with Gasteiger partial charge in [0.2, 0.25) is 0 Å². The molecule has 0 spiro atoms. The van der Waals surface area contributed by atoms with Crippen molar-refractivity contribution >= 4 is 0 Å². The van der Waals surface area contributed by atoms with Gasteiger partial charge in [-0.15, -0.1) is 0 Å². The summed E-state index contributed by atoms with van der Waals surface area (Å²) in [6.45, 7) is 2.29. The lowest BCUT2D eigenvalue weighted by Gasteiger charge is -2.32. The third-order valence-corrected chi connectivity index (χ3v) is 8.03. The van der Waals surface area contributed by atoms with E-state index < -0.39 is 17.8 Å². The summed E-state index contributed by atoms with van der Waals surface area (Å²) < 4.78 is 37.9. The van der Waals surface area contributed by atoms with Gasteiger partial charge in [0.05, 0.1) is 5.56 Å². The first kappa shape index (κ1) is 26.1. The van der Waals surface area contributed by atoms with E-state index in [9.17, 15) is 18.3 Å². The monoisotopic (exact) mass is 462 g/mol. The number of aliphatic hydroxyl groups excluding tert-OH is 1. The van der Waals surface area contributed by atoms with Crippen molar-refractivity contribution in [3.63, 3.8) is 0 Å². The predicted octanol–water partition coefficient (Wildman–Crippen LogP) is 8.39. The summed E-state index contributed by atoms with van der Waals surface area (Å²) in [5.74, 6) is 8.94. The van der Waals surface area contributed by atoms with Crippen LogP contribution in [-0.4, -0.2) is 11.2 Å². The first-order valence-electron chi connectivity index (χ1n) is 13.2. The molecule has 0 aliphatic heterocycles. The van der Waals surface area contributed by atoms with Crippen molar-refractivity contribution in [2.24, 2.45) is 23.7 Å². The van der Waals surface area contributed by atoms with Crippen LogP contribution in [0.15, 0.2) is 24.3 Å². The van der Waals surface area contributed by atoms with Gasteiger partial charge in [-0.25, -0.2) is 0 Å². The van der Waals surface area contributed by atoms with Crippen molar-refractivity contribution in [2.45, 2.75) is 109 Å². The number of unbranched alkanes of at least 4 members (excludes halogenated alkanes) is 1. The third kappa shape index (κ3) is 9.01. The van der Waals surface area contributed by atoms with Gasteiger partial charge in [-0.1, -0.05) is 102 Å². The standard InChI is InChI=1S/C29H41F3O/c1-2-3-4-22-5-7-23(8-6-22)9-10-24-11-13-26(14-12-24)21-28(33)20-17-25-15-18-27(19-16-25)29(30,31)32/h15-16,18-19,22-24,26,28,33H,2-14,21H2,1H3/t22-,23-,24?,26?,28?. The average Bonchev–Trinajstić information content (AvgIpc) is 2.81. The van der Waals surface area contributed by atoms with Crippen LogP contribution < -0.4 is 0 Å². The first-order chi connectivity index (χ1) is 15.8. The Hall–Kier alpha value is -1.47. The number of benzene rings is 1. The summed E-state index contributed by atoms with van der Waals surface area (Å²) in [6.07, 6.45) is 13.2. The molecule has 0 heterocycles. The van der Waals surface area contributed by atoms with Gasteiger partial charge in [0.1, 0.15) is 6.10 Å². The molecule has 1 aromatic carbocycles. The largest absolute Gasteiger partial charge is 0.416 e. The molecular weight excluding hydrogens is 421 g/mol. The Kier molecular flexibility index (Phi) is 10.2. The third-order valence-electron chi connectivity index (χ3n) is 8.03. The maximum atomic E-state index is 12.6. The summed E-state index contributed by atoms with van der Waals surface area (Å²) in [5.41, 5.74) is -0.171. The van der Waals surface area contributed by atoms with Crippen LogP contribution >= 0.6 is 0 Å². The van der Waals surface area contributed by atoms with Gasteiger partial charge in [0.15, 0.2) is 0 Å². The molecule has 1 atom stereocenters. The summed E-state index contributed by atoms with van der Waals surface area (Å²) >= 11 is 0. The molecule has 2 aliphatic rings. The summed E-state index contributed by atoms with van der Waals surface area (Å²) in [4.78, 5) is 0. The number of halogens is 3. The van der Waals surface area contributed by atoms with Crippen molar-refractivity contribution in [2.75, 3.05) is 0 Å². The predicted molar refractivity (Wildman–Crippen MR) is 129 cm³/mol. The van der Waals surface area contributed by atoms with Crippen molar-refractivity contribution in [3.8, 4) is 11.8 Å². The minimum Gasteiger partial charge on any atom is -0.380 e. The van der Waals surface area contributed by atoms with Gasteiger partial charge in [-0.3, -0.25) is 0 Å². The fourth-order valence-corrected chi connectivity index (χ4v) is 5.81. The smallest absolute Gasteiger partial charge is 0.380 e. The molecule has 4 heteroatoms. The molecule has 1 aromatic rings. The van der Waals surface area contributed by atoms with Gasteiger partial charge in [-0.2, -0.15) is 13.2 Å². The summed E-state index contributed by atoms with van der Waals surface area (Å²) in [6, 6.07) is 4.81. The Morgan fingerprint density at radius 3 is 1.79 bits per heavy atom. The highest BCUT2D eigenvalue weighted by molar-refractivity contribution is 5.37. The minimum absolute atomic E-state index is 0.505. The second-order valence-corrected chi connectivity index (χ2v) is 10.6. The zero-order valence-electron chi connectivity index (χ0n) is 20.2. The van der Waals surface area contributed by atoms with E-state index >= 15 is 0 Å². The summed E-state index contributed by atoms with van der Waals surface area (Å²) in [7, 11) is 0. The Morgan fingerprint density at radius 1 is 0.818 bits per heavy atom. The molecule has 1 unspecified atom stereocenters. The Labute approximate surface area is 198 Å². The zero-order valence-corrected chi connectivity index (χ0v) is 20.2.